The van der Waals surface area contributed by atoms with E-state index in [4.69, 9.17) is 27.9 Å². The number of hydrogen-bond acceptors (Lipinski definition) is 3. The van der Waals surface area contributed by atoms with Crippen LogP contribution in [0, 0.1) is 5.92 Å². The van der Waals surface area contributed by atoms with Crippen LogP contribution < -0.4 is 5.32 Å². The van der Waals surface area contributed by atoms with E-state index in [2.05, 4.69) is 5.32 Å². The molecule has 0 radical (unpaired) electrons. The minimum absolute atomic E-state index is 0.230. The lowest BCUT2D eigenvalue weighted by Gasteiger charge is -2.22. The van der Waals surface area contributed by atoms with E-state index >= 15 is 0 Å². The summed E-state index contributed by atoms with van der Waals surface area (Å²) < 4.78 is 5.41. The van der Waals surface area contributed by atoms with Gasteiger partial charge in [-0.25, -0.2) is 4.79 Å². The standard InChI is InChI=1S/C16H21Cl2NO2/c1-11(19-13-7-8-14(17)15(18)9-13)16(20)21-10-12-5-3-2-4-6-12/h7-9,11-12,19H,2-6,10H2,1H3. The molecule has 0 amide bonds. The zero-order valence-corrected chi connectivity index (χ0v) is 13.7. The minimum Gasteiger partial charge on any atom is -0.464 e. The van der Waals surface area contributed by atoms with Crippen LogP contribution in [0.1, 0.15) is 39.0 Å². The molecule has 21 heavy (non-hydrogen) atoms. The molecule has 0 spiro atoms. The van der Waals surface area contributed by atoms with Gasteiger partial charge >= 0.3 is 5.97 Å². The first-order valence-corrected chi connectivity index (χ1v) is 8.20. The van der Waals surface area contributed by atoms with Gasteiger partial charge in [0.25, 0.3) is 0 Å². The number of benzene rings is 1. The van der Waals surface area contributed by atoms with Crippen LogP contribution in [-0.4, -0.2) is 18.6 Å². The first-order valence-electron chi connectivity index (χ1n) is 7.44. The highest BCUT2D eigenvalue weighted by atomic mass is 35.5. The molecule has 2 rings (SSSR count). The Labute approximate surface area is 136 Å². The van der Waals surface area contributed by atoms with E-state index in [9.17, 15) is 4.79 Å². The predicted molar refractivity (Wildman–Crippen MR) is 87.1 cm³/mol. The van der Waals surface area contributed by atoms with Crippen molar-refractivity contribution >= 4 is 34.9 Å². The molecule has 1 N–H and O–H groups in total. The summed E-state index contributed by atoms with van der Waals surface area (Å²) in [6, 6.07) is 4.78. The van der Waals surface area contributed by atoms with Gasteiger partial charge in [0.2, 0.25) is 0 Å². The van der Waals surface area contributed by atoms with E-state index in [1.54, 1.807) is 25.1 Å². The van der Waals surface area contributed by atoms with Crippen molar-refractivity contribution in [2.45, 2.75) is 45.1 Å². The van der Waals surface area contributed by atoms with Crippen molar-refractivity contribution in [2.24, 2.45) is 5.92 Å². The van der Waals surface area contributed by atoms with Crippen molar-refractivity contribution in [2.75, 3.05) is 11.9 Å². The summed E-state index contributed by atoms with van der Waals surface area (Å²) in [7, 11) is 0. The minimum atomic E-state index is -0.411. The van der Waals surface area contributed by atoms with Gasteiger partial charge in [-0.1, -0.05) is 42.5 Å². The zero-order chi connectivity index (χ0) is 15.2. The Kier molecular flexibility index (Phi) is 6.19. The van der Waals surface area contributed by atoms with Gasteiger partial charge in [0, 0.05) is 5.69 Å². The molecule has 0 saturated heterocycles. The molecule has 0 heterocycles. The molecule has 116 valence electrons. The Balaban J connectivity index is 1.79. The molecule has 5 heteroatoms. The third-order valence-electron chi connectivity index (χ3n) is 3.84. The SMILES string of the molecule is CC(Nc1ccc(Cl)c(Cl)c1)C(=O)OCC1CCCCC1. The van der Waals surface area contributed by atoms with Crippen LogP contribution in [0.2, 0.25) is 10.0 Å². The highest BCUT2D eigenvalue weighted by Gasteiger charge is 2.19. The molecule has 0 bridgehead atoms. The van der Waals surface area contributed by atoms with E-state index in [1.807, 2.05) is 0 Å². The molecule has 1 unspecified atom stereocenters. The van der Waals surface area contributed by atoms with Crippen molar-refractivity contribution in [1.29, 1.82) is 0 Å². The Morgan fingerprint density at radius 2 is 2.00 bits per heavy atom. The molecule has 1 saturated carbocycles. The smallest absolute Gasteiger partial charge is 0.328 e. The van der Waals surface area contributed by atoms with Crippen LogP contribution in [-0.2, 0) is 9.53 Å². The quantitative estimate of drug-likeness (QED) is 0.779. The van der Waals surface area contributed by atoms with Crippen LogP contribution in [0.3, 0.4) is 0 Å². The lowest BCUT2D eigenvalue weighted by molar-refractivity contribution is -0.145. The number of halogens is 2. The Morgan fingerprint density at radius 3 is 2.67 bits per heavy atom. The highest BCUT2D eigenvalue weighted by Crippen LogP contribution is 2.26. The monoisotopic (exact) mass is 329 g/mol. The van der Waals surface area contributed by atoms with E-state index < -0.39 is 6.04 Å². The molecule has 1 aromatic carbocycles. The van der Waals surface area contributed by atoms with Gasteiger partial charge in [0.1, 0.15) is 6.04 Å². The Morgan fingerprint density at radius 1 is 1.29 bits per heavy atom. The third kappa shape index (κ3) is 5.08. The van der Waals surface area contributed by atoms with Gasteiger partial charge in [0.05, 0.1) is 16.7 Å². The summed E-state index contributed by atoms with van der Waals surface area (Å²) in [6.07, 6.45) is 6.14. The molecule has 1 aromatic rings. The average Bonchev–Trinajstić information content (AvgIpc) is 2.49. The topological polar surface area (TPSA) is 38.3 Å². The summed E-state index contributed by atoms with van der Waals surface area (Å²) in [6.45, 7) is 2.32. The highest BCUT2D eigenvalue weighted by molar-refractivity contribution is 6.42. The van der Waals surface area contributed by atoms with Crippen molar-refractivity contribution in [3.63, 3.8) is 0 Å². The third-order valence-corrected chi connectivity index (χ3v) is 4.58. The predicted octanol–water partition coefficient (Wildman–Crippen LogP) is 4.92. The second-order valence-corrected chi connectivity index (χ2v) is 6.44. The molecule has 1 aliphatic carbocycles. The average molecular weight is 330 g/mol. The number of anilines is 1. The molecular formula is C16H21Cl2NO2. The lowest BCUT2D eigenvalue weighted by Crippen LogP contribution is -2.30. The molecule has 0 aliphatic heterocycles. The molecule has 1 aliphatic rings. The number of nitrogens with one attached hydrogen (secondary N) is 1. The fourth-order valence-electron chi connectivity index (χ4n) is 2.57. The van der Waals surface area contributed by atoms with E-state index in [-0.39, 0.29) is 5.97 Å². The second-order valence-electron chi connectivity index (χ2n) is 5.63. The van der Waals surface area contributed by atoms with Crippen molar-refractivity contribution in [3.8, 4) is 0 Å². The molecule has 0 aromatic heterocycles. The maximum absolute atomic E-state index is 12.0. The maximum Gasteiger partial charge on any atom is 0.328 e. The van der Waals surface area contributed by atoms with Gasteiger partial charge in [-0.15, -0.1) is 0 Å². The van der Waals surface area contributed by atoms with E-state index in [0.29, 0.717) is 22.6 Å². The van der Waals surface area contributed by atoms with Crippen molar-refractivity contribution in [1.82, 2.24) is 0 Å². The van der Waals surface area contributed by atoms with Crippen molar-refractivity contribution in [3.05, 3.63) is 28.2 Å². The van der Waals surface area contributed by atoms with E-state index in [1.165, 1.54) is 32.1 Å². The lowest BCUT2D eigenvalue weighted by atomic mass is 9.90. The first kappa shape index (κ1) is 16.4. The van der Waals surface area contributed by atoms with Gasteiger partial charge in [-0.2, -0.15) is 0 Å². The van der Waals surface area contributed by atoms with Crippen LogP contribution in [0.15, 0.2) is 18.2 Å². The normalized spacial score (nSPS) is 17.3. The van der Waals surface area contributed by atoms with Crippen LogP contribution >= 0.6 is 23.2 Å². The number of ether oxygens (including phenoxy) is 1. The molecule has 1 atom stereocenters. The van der Waals surface area contributed by atoms with Crippen LogP contribution in [0.4, 0.5) is 5.69 Å². The van der Waals surface area contributed by atoms with Gasteiger partial charge in [-0.05, 0) is 43.9 Å². The number of carbonyl (C=O) groups is 1. The summed E-state index contributed by atoms with van der Waals surface area (Å²) in [4.78, 5) is 12.0. The number of carbonyl (C=O) groups excluding carboxylic acids is 1. The molecular weight excluding hydrogens is 309 g/mol. The second kappa shape index (κ2) is 7.90. The van der Waals surface area contributed by atoms with Crippen molar-refractivity contribution < 1.29 is 9.53 Å². The zero-order valence-electron chi connectivity index (χ0n) is 12.2. The molecule has 3 nitrogen and oxygen atoms in total. The molecule has 1 fully saturated rings. The van der Waals surface area contributed by atoms with Gasteiger partial charge in [0.15, 0.2) is 0 Å². The summed E-state index contributed by atoms with van der Waals surface area (Å²) in [5.41, 5.74) is 0.756. The summed E-state index contributed by atoms with van der Waals surface area (Å²) in [5, 5.41) is 4.04. The van der Waals surface area contributed by atoms with E-state index in [0.717, 1.165) is 5.69 Å². The van der Waals surface area contributed by atoms with Gasteiger partial charge < -0.3 is 10.1 Å². The fraction of sp³-hybridized carbons (Fsp3) is 0.562. The number of hydrogen-bond donors (Lipinski definition) is 1. The van der Waals surface area contributed by atoms with Gasteiger partial charge in [-0.3, -0.25) is 0 Å². The van der Waals surface area contributed by atoms with Crippen LogP contribution in [0.25, 0.3) is 0 Å². The fourth-order valence-corrected chi connectivity index (χ4v) is 2.87. The number of esters is 1. The maximum atomic E-state index is 12.0. The van der Waals surface area contributed by atoms with Crippen LogP contribution in [0.5, 0.6) is 0 Å². The first-order chi connectivity index (χ1) is 10.1. The largest absolute Gasteiger partial charge is 0.464 e. The Bertz CT molecular complexity index is 487. The summed E-state index contributed by atoms with van der Waals surface area (Å²) >= 11 is 11.8. The summed E-state index contributed by atoms with van der Waals surface area (Å²) in [5.74, 6) is 0.298. The Hall–Kier alpha value is -0.930. The number of rotatable bonds is 5.